The molecule has 1 N–H and O–H groups in total. The number of carboxylic acids is 1. The molecule has 16 heavy (non-hydrogen) atoms. The van der Waals surface area contributed by atoms with Crippen LogP contribution in [0, 0.1) is 5.82 Å². The summed E-state index contributed by atoms with van der Waals surface area (Å²) in [6.45, 7) is 1.63. The average molecular weight is 228 g/mol. The van der Waals surface area contributed by atoms with Crippen LogP contribution in [0.2, 0.25) is 0 Å². The van der Waals surface area contributed by atoms with E-state index in [1.165, 1.54) is 25.3 Å². The molecule has 0 aliphatic carbocycles. The minimum atomic E-state index is -0.943. The number of hydrogen-bond acceptors (Lipinski definition) is 3. The van der Waals surface area contributed by atoms with E-state index >= 15 is 0 Å². The molecule has 0 aliphatic heterocycles. The van der Waals surface area contributed by atoms with Crippen molar-refractivity contribution in [2.45, 2.75) is 19.4 Å². The monoisotopic (exact) mass is 228 g/mol. The summed E-state index contributed by atoms with van der Waals surface area (Å²) in [6, 6.07) is 4.02. The maximum absolute atomic E-state index is 13.0. The van der Waals surface area contributed by atoms with Gasteiger partial charge in [0.2, 0.25) is 0 Å². The zero-order valence-electron chi connectivity index (χ0n) is 9.07. The van der Waals surface area contributed by atoms with E-state index in [0.717, 1.165) is 0 Å². The standard InChI is InChI=1S/C11H13FO4/c1-7(5-11(13)14)16-8-3-4-9(12)10(6-8)15-2/h3-4,6-7H,5H2,1-2H3,(H,13,14). The van der Waals surface area contributed by atoms with Crippen molar-refractivity contribution in [3.8, 4) is 11.5 Å². The second-order valence-electron chi connectivity index (χ2n) is 3.32. The Balaban J connectivity index is 2.70. The molecule has 0 amide bonds. The normalized spacial score (nSPS) is 11.9. The van der Waals surface area contributed by atoms with E-state index in [1.807, 2.05) is 0 Å². The lowest BCUT2D eigenvalue weighted by Gasteiger charge is -2.13. The van der Waals surface area contributed by atoms with Gasteiger partial charge in [0.1, 0.15) is 11.9 Å². The van der Waals surface area contributed by atoms with Gasteiger partial charge in [0, 0.05) is 6.07 Å². The highest BCUT2D eigenvalue weighted by atomic mass is 19.1. The minimum absolute atomic E-state index is 0.0695. The van der Waals surface area contributed by atoms with Gasteiger partial charge < -0.3 is 14.6 Å². The lowest BCUT2D eigenvalue weighted by molar-refractivity contribution is -0.138. The Hall–Kier alpha value is -1.78. The summed E-state index contributed by atoms with van der Waals surface area (Å²) < 4.78 is 23.1. The number of halogens is 1. The third kappa shape index (κ3) is 3.42. The Bertz CT molecular complexity index is 378. The van der Waals surface area contributed by atoms with Gasteiger partial charge in [-0.1, -0.05) is 0 Å². The van der Waals surface area contributed by atoms with Crippen molar-refractivity contribution < 1.29 is 23.8 Å². The molecule has 0 fully saturated rings. The molecule has 0 saturated heterocycles. The molecule has 1 atom stereocenters. The Kier molecular flexibility index (Phi) is 4.10. The molecule has 1 rings (SSSR count). The summed E-state index contributed by atoms with van der Waals surface area (Å²) in [5, 5.41) is 8.54. The SMILES string of the molecule is COc1cc(OC(C)CC(=O)O)ccc1F. The number of benzene rings is 1. The van der Waals surface area contributed by atoms with E-state index in [0.29, 0.717) is 5.75 Å². The van der Waals surface area contributed by atoms with E-state index in [2.05, 4.69) is 0 Å². The molecule has 0 aromatic heterocycles. The van der Waals surface area contributed by atoms with Crippen LogP contribution in [0.3, 0.4) is 0 Å². The van der Waals surface area contributed by atoms with Crippen LogP contribution in [0.25, 0.3) is 0 Å². The molecule has 1 aromatic rings. The summed E-state index contributed by atoms with van der Waals surface area (Å²) in [7, 11) is 1.35. The maximum Gasteiger partial charge on any atom is 0.307 e. The van der Waals surface area contributed by atoms with Gasteiger partial charge in [-0.15, -0.1) is 0 Å². The van der Waals surface area contributed by atoms with Crippen molar-refractivity contribution in [1.82, 2.24) is 0 Å². The molecule has 4 nitrogen and oxygen atoms in total. The lowest BCUT2D eigenvalue weighted by Crippen LogP contribution is -2.16. The van der Waals surface area contributed by atoms with Crippen molar-refractivity contribution in [2.75, 3.05) is 7.11 Å². The third-order valence-electron chi connectivity index (χ3n) is 1.92. The molecular weight excluding hydrogens is 215 g/mol. The fourth-order valence-electron chi connectivity index (χ4n) is 1.23. The van der Waals surface area contributed by atoms with Crippen LogP contribution in [0.15, 0.2) is 18.2 Å². The summed E-state index contributed by atoms with van der Waals surface area (Å²) in [4.78, 5) is 10.4. The van der Waals surface area contributed by atoms with Gasteiger partial charge in [-0.05, 0) is 19.1 Å². The molecule has 5 heteroatoms. The third-order valence-corrected chi connectivity index (χ3v) is 1.92. The largest absolute Gasteiger partial charge is 0.494 e. The van der Waals surface area contributed by atoms with E-state index in [1.54, 1.807) is 6.92 Å². The topological polar surface area (TPSA) is 55.8 Å². The van der Waals surface area contributed by atoms with Gasteiger partial charge in [0.15, 0.2) is 11.6 Å². The van der Waals surface area contributed by atoms with Crippen molar-refractivity contribution in [3.63, 3.8) is 0 Å². The predicted molar refractivity (Wildman–Crippen MR) is 55.3 cm³/mol. The number of ether oxygens (including phenoxy) is 2. The van der Waals surface area contributed by atoms with Gasteiger partial charge >= 0.3 is 5.97 Å². The zero-order valence-corrected chi connectivity index (χ0v) is 9.07. The number of methoxy groups -OCH3 is 1. The van der Waals surface area contributed by atoms with E-state index in [-0.39, 0.29) is 12.2 Å². The van der Waals surface area contributed by atoms with Crippen molar-refractivity contribution in [3.05, 3.63) is 24.0 Å². The second kappa shape index (κ2) is 5.34. The fraction of sp³-hybridized carbons (Fsp3) is 0.364. The molecule has 0 aliphatic rings. The van der Waals surface area contributed by atoms with Crippen LogP contribution in [0.4, 0.5) is 4.39 Å². The minimum Gasteiger partial charge on any atom is -0.494 e. The highest BCUT2D eigenvalue weighted by Gasteiger charge is 2.10. The van der Waals surface area contributed by atoms with Crippen LogP contribution in [-0.2, 0) is 4.79 Å². The van der Waals surface area contributed by atoms with E-state index in [4.69, 9.17) is 14.6 Å². The van der Waals surface area contributed by atoms with Crippen LogP contribution >= 0.6 is 0 Å². The van der Waals surface area contributed by atoms with E-state index < -0.39 is 17.9 Å². The van der Waals surface area contributed by atoms with E-state index in [9.17, 15) is 9.18 Å². The number of rotatable bonds is 5. The molecule has 0 heterocycles. The molecule has 0 saturated carbocycles. The van der Waals surface area contributed by atoms with Gasteiger partial charge in [0.05, 0.1) is 13.5 Å². The number of carbonyl (C=O) groups is 1. The van der Waals surface area contributed by atoms with Gasteiger partial charge in [-0.2, -0.15) is 0 Å². The molecule has 0 spiro atoms. The summed E-state index contributed by atoms with van der Waals surface area (Å²) in [5.74, 6) is -0.977. The Morgan fingerprint density at radius 2 is 2.25 bits per heavy atom. The smallest absolute Gasteiger partial charge is 0.307 e. The zero-order chi connectivity index (χ0) is 12.1. The Labute approximate surface area is 92.6 Å². The van der Waals surface area contributed by atoms with Crippen molar-refractivity contribution in [2.24, 2.45) is 0 Å². The molecule has 0 bridgehead atoms. The van der Waals surface area contributed by atoms with Crippen LogP contribution in [0.5, 0.6) is 11.5 Å². The maximum atomic E-state index is 13.0. The first-order chi connectivity index (χ1) is 7.52. The average Bonchev–Trinajstić information content (AvgIpc) is 2.19. The first-order valence-electron chi connectivity index (χ1n) is 4.75. The predicted octanol–water partition coefficient (Wildman–Crippen LogP) is 2.08. The number of hydrogen-bond donors (Lipinski definition) is 1. The van der Waals surface area contributed by atoms with Gasteiger partial charge in [-0.25, -0.2) is 4.39 Å². The van der Waals surface area contributed by atoms with Crippen molar-refractivity contribution >= 4 is 5.97 Å². The molecule has 1 aromatic carbocycles. The summed E-state index contributed by atoms with van der Waals surface area (Å²) >= 11 is 0. The van der Waals surface area contributed by atoms with Crippen molar-refractivity contribution in [1.29, 1.82) is 0 Å². The van der Waals surface area contributed by atoms with Crippen LogP contribution in [0.1, 0.15) is 13.3 Å². The highest BCUT2D eigenvalue weighted by Crippen LogP contribution is 2.24. The molecule has 1 unspecified atom stereocenters. The fourth-order valence-corrected chi connectivity index (χ4v) is 1.23. The summed E-state index contributed by atoms with van der Waals surface area (Å²) in [6.07, 6.45) is -0.590. The highest BCUT2D eigenvalue weighted by molar-refractivity contribution is 5.67. The number of aliphatic carboxylic acids is 1. The van der Waals surface area contributed by atoms with Crippen LogP contribution in [-0.4, -0.2) is 24.3 Å². The number of carboxylic acid groups (broad SMARTS) is 1. The van der Waals surface area contributed by atoms with Gasteiger partial charge in [0.25, 0.3) is 0 Å². The first-order valence-corrected chi connectivity index (χ1v) is 4.75. The lowest BCUT2D eigenvalue weighted by atomic mass is 10.2. The summed E-state index contributed by atoms with van der Waals surface area (Å²) in [5.41, 5.74) is 0. The second-order valence-corrected chi connectivity index (χ2v) is 3.32. The quantitative estimate of drug-likeness (QED) is 0.838. The van der Waals surface area contributed by atoms with Gasteiger partial charge in [-0.3, -0.25) is 4.79 Å². The Morgan fingerprint density at radius 1 is 1.56 bits per heavy atom. The van der Waals surface area contributed by atoms with Crippen LogP contribution < -0.4 is 9.47 Å². The first kappa shape index (κ1) is 12.3. The Morgan fingerprint density at radius 3 is 2.81 bits per heavy atom. The molecular formula is C11H13FO4. The molecule has 0 radical (unpaired) electrons. The molecule has 88 valence electrons.